The number of hydrogen-bond donors (Lipinski definition) is 1. The Morgan fingerprint density at radius 2 is 1.38 bits per heavy atom. The molecule has 0 fully saturated rings. The lowest BCUT2D eigenvalue weighted by molar-refractivity contribution is -0.120. The van der Waals surface area contributed by atoms with Gasteiger partial charge in [-0.3, -0.25) is 9.10 Å². The lowest BCUT2D eigenvalue weighted by atomic mass is 9.86. The number of amides is 1. The van der Waals surface area contributed by atoms with Crippen LogP contribution >= 0.6 is 0 Å². The molecule has 0 saturated heterocycles. The summed E-state index contributed by atoms with van der Waals surface area (Å²) in [5.74, 6) is -1.67. The predicted octanol–water partition coefficient (Wildman–Crippen LogP) is 5.34. The van der Waals surface area contributed by atoms with Crippen molar-refractivity contribution in [2.24, 2.45) is 0 Å². The van der Waals surface area contributed by atoms with Crippen molar-refractivity contribution in [1.82, 2.24) is 5.32 Å². The Morgan fingerprint density at radius 1 is 0.882 bits per heavy atom. The van der Waals surface area contributed by atoms with Crippen LogP contribution in [0.5, 0.6) is 0 Å². The summed E-state index contributed by atoms with van der Waals surface area (Å²) in [5, 5.41) is 2.82. The summed E-state index contributed by atoms with van der Waals surface area (Å²) < 4.78 is 54.2. The minimum absolute atomic E-state index is 0.00458. The van der Waals surface area contributed by atoms with Gasteiger partial charge in [-0.1, -0.05) is 45.0 Å². The lowest BCUT2D eigenvalue weighted by Gasteiger charge is -2.25. The maximum Gasteiger partial charge on any atom is 0.264 e. The summed E-state index contributed by atoms with van der Waals surface area (Å²) in [6.07, 6.45) is 0. The molecule has 34 heavy (non-hydrogen) atoms. The fourth-order valence-corrected chi connectivity index (χ4v) is 4.85. The smallest absolute Gasteiger partial charge is 0.264 e. The molecule has 1 atom stereocenters. The van der Waals surface area contributed by atoms with Gasteiger partial charge in [-0.25, -0.2) is 17.2 Å². The number of nitrogens with one attached hydrogen (secondary N) is 1. The topological polar surface area (TPSA) is 66.5 Å². The predicted molar refractivity (Wildman–Crippen MR) is 129 cm³/mol. The number of rotatable bonds is 7. The van der Waals surface area contributed by atoms with Gasteiger partial charge in [0.05, 0.1) is 16.6 Å². The maximum absolute atomic E-state index is 13.4. The Kier molecular flexibility index (Phi) is 7.41. The minimum Gasteiger partial charge on any atom is -0.348 e. The third-order valence-corrected chi connectivity index (χ3v) is 7.25. The minimum atomic E-state index is -4.22. The van der Waals surface area contributed by atoms with Crippen LogP contribution in [0, 0.1) is 11.6 Å². The SMILES string of the molecule is CC(NC(=O)CN(c1ccc(F)cc1)S(=O)(=O)c1ccc(F)cc1)c1ccc(C(C)(C)C)cc1. The second kappa shape index (κ2) is 9.93. The second-order valence-corrected chi connectivity index (χ2v) is 11.0. The summed E-state index contributed by atoms with van der Waals surface area (Å²) in [7, 11) is -4.22. The van der Waals surface area contributed by atoms with E-state index in [9.17, 15) is 22.0 Å². The number of anilines is 1. The Hall–Kier alpha value is -3.26. The Bertz CT molecular complexity index is 1240. The van der Waals surface area contributed by atoms with Gasteiger partial charge >= 0.3 is 0 Å². The third-order valence-electron chi connectivity index (χ3n) is 5.46. The molecular formula is C26H28F2N2O3S. The van der Waals surface area contributed by atoms with Crippen LogP contribution in [0.25, 0.3) is 0 Å². The quantitative estimate of drug-likeness (QED) is 0.491. The highest BCUT2D eigenvalue weighted by Crippen LogP contribution is 2.26. The zero-order chi connectivity index (χ0) is 25.1. The molecule has 8 heteroatoms. The van der Waals surface area contributed by atoms with Gasteiger partial charge in [0.25, 0.3) is 10.0 Å². The summed E-state index contributed by atoms with van der Waals surface area (Å²) in [5.41, 5.74) is 2.14. The standard InChI is InChI=1S/C26H28F2N2O3S/c1-18(19-5-7-20(8-6-19)26(2,3)4)29-25(31)17-30(23-13-9-21(27)10-14-23)34(32,33)24-15-11-22(28)12-16-24/h5-16,18H,17H2,1-4H3,(H,29,31). The molecule has 3 aromatic rings. The molecule has 3 rings (SSSR count). The number of nitrogens with zero attached hydrogens (tertiary/aromatic N) is 1. The maximum atomic E-state index is 13.4. The van der Waals surface area contributed by atoms with Gasteiger partial charge in [-0.15, -0.1) is 0 Å². The van der Waals surface area contributed by atoms with E-state index in [-0.39, 0.29) is 22.0 Å². The van der Waals surface area contributed by atoms with Gasteiger partial charge in [0.15, 0.2) is 0 Å². The van der Waals surface area contributed by atoms with Crippen molar-refractivity contribution in [2.45, 2.75) is 44.0 Å². The average molecular weight is 487 g/mol. The van der Waals surface area contributed by atoms with Crippen LogP contribution in [0.2, 0.25) is 0 Å². The molecule has 0 aromatic heterocycles. The van der Waals surface area contributed by atoms with Gasteiger partial charge in [0.2, 0.25) is 5.91 Å². The van der Waals surface area contributed by atoms with E-state index in [1.54, 1.807) is 6.92 Å². The molecule has 0 heterocycles. The molecule has 0 saturated carbocycles. The van der Waals surface area contributed by atoms with Crippen molar-refractivity contribution in [3.8, 4) is 0 Å². The van der Waals surface area contributed by atoms with Crippen LogP contribution in [0.4, 0.5) is 14.5 Å². The highest BCUT2D eigenvalue weighted by Gasteiger charge is 2.28. The number of carbonyl (C=O) groups is 1. The van der Waals surface area contributed by atoms with Crippen molar-refractivity contribution in [1.29, 1.82) is 0 Å². The molecule has 0 aliphatic rings. The van der Waals surface area contributed by atoms with E-state index in [1.165, 1.54) is 12.1 Å². The molecule has 5 nitrogen and oxygen atoms in total. The number of carbonyl (C=O) groups excluding carboxylic acids is 1. The van der Waals surface area contributed by atoms with E-state index in [4.69, 9.17) is 0 Å². The molecular weight excluding hydrogens is 458 g/mol. The zero-order valence-corrected chi connectivity index (χ0v) is 20.4. The molecule has 0 spiro atoms. The molecule has 180 valence electrons. The van der Waals surface area contributed by atoms with Gasteiger partial charge < -0.3 is 5.32 Å². The second-order valence-electron chi connectivity index (χ2n) is 9.10. The molecule has 0 aliphatic heterocycles. The van der Waals surface area contributed by atoms with Crippen LogP contribution in [-0.4, -0.2) is 20.9 Å². The normalized spacial score (nSPS) is 12.8. The summed E-state index contributed by atoms with van der Waals surface area (Å²) in [6.45, 7) is 7.60. The highest BCUT2D eigenvalue weighted by atomic mass is 32.2. The summed E-state index contributed by atoms with van der Waals surface area (Å²) in [6, 6.07) is 16.6. The van der Waals surface area contributed by atoms with Crippen molar-refractivity contribution in [2.75, 3.05) is 10.8 Å². The highest BCUT2D eigenvalue weighted by molar-refractivity contribution is 7.92. The Balaban J connectivity index is 1.84. The first-order chi connectivity index (χ1) is 15.9. The van der Waals surface area contributed by atoms with E-state index >= 15 is 0 Å². The largest absolute Gasteiger partial charge is 0.348 e. The number of sulfonamides is 1. The summed E-state index contributed by atoms with van der Waals surface area (Å²) in [4.78, 5) is 12.7. The lowest BCUT2D eigenvalue weighted by Crippen LogP contribution is -2.41. The van der Waals surface area contributed by atoms with E-state index in [0.717, 1.165) is 51.8 Å². The van der Waals surface area contributed by atoms with Gasteiger partial charge in [-0.2, -0.15) is 0 Å². The van der Waals surface area contributed by atoms with Crippen LogP contribution < -0.4 is 9.62 Å². The molecule has 3 aromatic carbocycles. The summed E-state index contributed by atoms with van der Waals surface area (Å²) >= 11 is 0. The van der Waals surface area contributed by atoms with Gasteiger partial charge in [0.1, 0.15) is 18.2 Å². The fourth-order valence-electron chi connectivity index (χ4n) is 3.43. The average Bonchev–Trinajstić information content (AvgIpc) is 2.78. The van der Waals surface area contributed by atoms with Gasteiger partial charge in [-0.05, 0) is 72.0 Å². The molecule has 1 amide bonds. The van der Waals surface area contributed by atoms with Crippen LogP contribution in [0.15, 0.2) is 77.7 Å². The van der Waals surface area contributed by atoms with Crippen molar-refractivity contribution in [3.05, 3.63) is 95.6 Å². The van der Waals surface area contributed by atoms with E-state index in [0.29, 0.717) is 0 Å². The van der Waals surface area contributed by atoms with Crippen molar-refractivity contribution < 1.29 is 22.0 Å². The first-order valence-corrected chi connectivity index (χ1v) is 12.3. The Morgan fingerprint density at radius 3 is 1.88 bits per heavy atom. The van der Waals surface area contributed by atoms with Crippen LogP contribution in [0.3, 0.4) is 0 Å². The van der Waals surface area contributed by atoms with Crippen LogP contribution in [-0.2, 0) is 20.2 Å². The molecule has 0 aliphatic carbocycles. The number of halogens is 2. The monoisotopic (exact) mass is 486 g/mol. The first kappa shape index (κ1) is 25.4. The van der Waals surface area contributed by atoms with Gasteiger partial charge in [0, 0.05) is 0 Å². The van der Waals surface area contributed by atoms with Crippen molar-refractivity contribution in [3.63, 3.8) is 0 Å². The third kappa shape index (κ3) is 5.99. The molecule has 1 N–H and O–H groups in total. The molecule has 0 radical (unpaired) electrons. The van der Waals surface area contributed by atoms with Crippen LogP contribution in [0.1, 0.15) is 44.9 Å². The Labute approximate surface area is 199 Å². The zero-order valence-electron chi connectivity index (χ0n) is 19.5. The van der Waals surface area contributed by atoms with Crippen molar-refractivity contribution >= 4 is 21.6 Å². The number of benzene rings is 3. The fraction of sp³-hybridized carbons (Fsp3) is 0.269. The van der Waals surface area contributed by atoms with E-state index in [2.05, 4.69) is 26.1 Å². The van der Waals surface area contributed by atoms with E-state index in [1.807, 2.05) is 24.3 Å². The first-order valence-electron chi connectivity index (χ1n) is 10.8. The molecule has 1 unspecified atom stereocenters. The van der Waals surface area contributed by atoms with E-state index < -0.39 is 34.1 Å². The number of hydrogen-bond acceptors (Lipinski definition) is 3. The molecule has 0 bridgehead atoms.